The maximum Gasteiger partial charge on any atom is 0.193 e. The number of nitrogens with one attached hydrogen (secondary N) is 1. The molecule has 1 fully saturated rings. The fourth-order valence-corrected chi connectivity index (χ4v) is 4.06. The average molecular weight is 353 g/mol. The van der Waals surface area contributed by atoms with Crippen molar-refractivity contribution in [2.75, 3.05) is 39.0 Å². The molecule has 0 spiro atoms. The lowest BCUT2D eigenvalue weighted by Gasteiger charge is -2.39. The van der Waals surface area contributed by atoms with E-state index in [0.717, 1.165) is 11.3 Å². The molecule has 0 aliphatic carbocycles. The minimum atomic E-state index is -3.05. The van der Waals surface area contributed by atoms with Gasteiger partial charge in [-0.05, 0) is 38.5 Å². The molecule has 1 saturated heterocycles. The summed E-state index contributed by atoms with van der Waals surface area (Å²) in [7, 11) is -1.34. The highest BCUT2D eigenvalue weighted by Gasteiger charge is 2.40. The highest BCUT2D eigenvalue weighted by molar-refractivity contribution is 7.92. The molecule has 1 aliphatic rings. The molecule has 24 heavy (non-hydrogen) atoms. The van der Waals surface area contributed by atoms with Gasteiger partial charge in [0.2, 0.25) is 0 Å². The molecule has 6 nitrogen and oxygen atoms in total. The molecule has 0 saturated carbocycles. The maximum absolute atomic E-state index is 12.1. The largest absolute Gasteiger partial charge is 0.492 e. The number of aliphatic imine (C=N–C) groups is 1. The lowest BCUT2D eigenvalue weighted by molar-refractivity contribution is 0.313. The number of hydrogen-bond donors (Lipinski definition) is 1. The van der Waals surface area contributed by atoms with Crippen molar-refractivity contribution in [3.63, 3.8) is 0 Å². The molecular weight excluding hydrogens is 326 g/mol. The van der Waals surface area contributed by atoms with E-state index in [0.29, 0.717) is 32.2 Å². The Kier molecular flexibility index (Phi) is 5.74. The second kappa shape index (κ2) is 7.42. The van der Waals surface area contributed by atoms with Gasteiger partial charge in [-0.25, -0.2) is 8.42 Å². The topological polar surface area (TPSA) is 71.0 Å². The summed E-state index contributed by atoms with van der Waals surface area (Å²) < 4.78 is 29.1. The first-order valence-electron chi connectivity index (χ1n) is 8.12. The van der Waals surface area contributed by atoms with E-state index in [1.165, 1.54) is 0 Å². The van der Waals surface area contributed by atoms with Crippen molar-refractivity contribution in [3.8, 4) is 5.75 Å². The van der Waals surface area contributed by atoms with Crippen LogP contribution in [0.4, 0.5) is 0 Å². The molecule has 7 heteroatoms. The molecule has 1 aliphatic heterocycles. The number of benzene rings is 1. The molecule has 134 valence electrons. The van der Waals surface area contributed by atoms with Crippen molar-refractivity contribution in [1.29, 1.82) is 0 Å². The molecular formula is C17H27N3O3S. The van der Waals surface area contributed by atoms with Crippen LogP contribution in [0.2, 0.25) is 0 Å². The van der Waals surface area contributed by atoms with E-state index in [1.54, 1.807) is 20.9 Å². The van der Waals surface area contributed by atoms with Crippen molar-refractivity contribution < 1.29 is 13.2 Å². The molecule has 0 bridgehead atoms. The fourth-order valence-electron chi connectivity index (χ4n) is 2.69. The molecule has 0 amide bonds. The summed E-state index contributed by atoms with van der Waals surface area (Å²) in [6, 6.07) is 7.92. The van der Waals surface area contributed by atoms with Crippen LogP contribution in [0.1, 0.15) is 19.4 Å². The van der Waals surface area contributed by atoms with E-state index in [2.05, 4.69) is 10.3 Å². The number of nitrogens with zero attached hydrogens (tertiary/aromatic N) is 2. The lowest BCUT2D eigenvalue weighted by atomic mass is 10.2. The third kappa shape index (κ3) is 4.41. The summed E-state index contributed by atoms with van der Waals surface area (Å²) in [5.74, 6) is 1.71. The summed E-state index contributed by atoms with van der Waals surface area (Å²) in [6.45, 7) is 7.57. The Morgan fingerprint density at radius 2 is 2.17 bits per heavy atom. The van der Waals surface area contributed by atoms with Crippen LogP contribution in [-0.2, 0) is 9.84 Å². The SMILES string of the molecule is CN=C(NCCOc1cccc(C)c1)N1CCS(=O)(=O)C(C)(C)C1. The van der Waals surface area contributed by atoms with Crippen molar-refractivity contribution in [2.45, 2.75) is 25.5 Å². The Balaban J connectivity index is 1.85. The standard InChI is InChI=1S/C17H27N3O3S/c1-14-6-5-7-15(12-14)23-10-8-19-16(18-4)20-9-11-24(21,22)17(2,3)13-20/h5-7,12H,8-11,13H2,1-4H3,(H,18,19). The molecule has 0 unspecified atom stereocenters. The Labute approximate surface area is 144 Å². The minimum absolute atomic E-state index is 0.153. The van der Waals surface area contributed by atoms with Gasteiger partial charge < -0.3 is 15.0 Å². The van der Waals surface area contributed by atoms with Gasteiger partial charge in [0.25, 0.3) is 0 Å². The molecule has 1 N–H and O–H groups in total. The van der Waals surface area contributed by atoms with Crippen LogP contribution < -0.4 is 10.1 Å². The predicted octanol–water partition coefficient (Wildman–Crippen LogP) is 1.46. The normalized spacial score (nSPS) is 19.8. The summed E-state index contributed by atoms with van der Waals surface area (Å²) in [6.07, 6.45) is 0. The van der Waals surface area contributed by atoms with Crippen LogP contribution in [0.3, 0.4) is 0 Å². The number of sulfone groups is 1. The molecule has 0 radical (unpaired) electrons. The van der Waals surface area contributed by atoms with Gasteiger partial charge >= 0.3 is 0 Å². The van der Waals surface area contributed by atoms with Crippen molar-refractivity contribution in [2.24, 2.45) is 4.99 Å². The smallest absolute Gasteiger partial charge is 0.193 e. The number of rotatable bonds is 4. The van der Waals surface area contributed by atoms with Crippen molar-refractivity contribution >= 4 is 15.8 Å². The Bertz CT molecular complexity index is 699. The monoisotopic (exact) mass is 353 g/mol. The molecule has 2 rings (SSSR count). The number of guanidine groups is 1. The van der Waals surface area contributed by atoms with E-state index in [4.69, 9.17) is 4.74 Å². The fraction of sp³-hybridized carbons (Fsp3) is 0.588. The zero-order chi connectivity index (χ0) is 17.8. The van der Waals surface area contributed by atoms with Crippen LogP contribution >= 0.6 is 0 Å². The van der Waals surface area contributed by atoms with Gasteiger partial charge in [-0.15, -0.1) is 0 Å². The quantitative estimate of drug-likeness (QED) is 0.504. The second-order valence-corrected chi connectivity index (χ2v) is 9.38. The van der Waals surface area contributed by atoms with Gasteiger partial charge in [0.05, 0.1) is 17.0 Å². The summed E-state index contributed by atoms with van der Waals surface area (Å²) in [5.41, 5.74) is 1.16. The van der Waals surface area contributed by atoms with E-state index in [1.807, 2.05) is 36.1 Å². The maximum atomic E-state index is 12.1. The van der Waals surface area contributed by atoms with E-state index >= 15 is 0 Å². The van der Waals surface area contributed by atoms with Gasteiger partial charge in [0, 0.05) is 20.1 Å². The average Bonchev–Trinajstić information content (AvgIpc) is 2.50. The molecule has 1 aromatic rings. The van der Waals surface area contributed by atoms with Crippen molar-refractivity contribution in [1.82, 2.24) is 10.2 Å². The summed E-state index contributed by atoms with van der Waals surface area (Å²) >= 11 is 0. The minimum Gasteiger partial charge on any atom is -0.492 e. The molecule has 0 atom stereocenters. The lowest BCUT2D eigenvalue weighted by Crippen LogP contribution is -2.57. The van der Waals surface area contributed by atoms with Crippen LogP contribution in [0, 0.1) is 6.92 Å². The van der Waals surface area contributed by atoms with E-state index in [-0.39, 0.29) is 5.75 Å². The molecule has 1 heterocycles. The van der Waals surface area contributed by atoms with Crippen LogP contribution in [-0.4, -0.2) is 63.1 Å². The van der Waals surface area contributed by atoms with Gasteiger partial charge in [0.1, 0.15) is 12.4 Å². The Hall–Kier alpha value is -1.76. The third-order valence-corrected chi connectivity index (χ3v) is 6.73. The zero-order valence-corrected chi connectivity index (χ0v) is 15.7. The first kappa shape index (κ1) is 18.6. The number of hydrogen-bond acceptors (Lipinski definition) is 4. The van der Waals surface area contributed by atoms with Crippen molar-refractivity contribution in [3.05, 3.63) is 29.8 Å². The highest BCUT2D eigenvalue weighted by atomic mass is 32.2. The van der Waals surface area contributed by atoms with Gasteiger partial charge in [-0.3, -0.25) is 4.99 Å². The van der Waals surface area contributed by atoms with Crippen LogP contribution in [0.5, 0.6) is 5.75 Å². The first-order valence-corrected chi connectivity index (χ1v) is 9.78. The van der Waals surface area contributed by atoms with Gasteiger partial charge in [-0.2, -0.15) is 0 Å². The first-order chi connectivity index (χ1) is 11.2. The van der Waals surface area contributed by atoms with E-state index in [9.17, 15) is 8.42 Å². The van der Waals surface area contributed by atoms with Gasteiger partial charge in [0.15, 0.2) is 15.8 Å². The molecule has 1 aromatic carbocycles. The Morgan fingerprint density at radius 1 is 1.42 bits per heavy atom. The second-order valence-electron chi connectivity index (χ2n) is 6.64. The zero-order valence-electron chi connectivity index (χ0n) is 14.9. The highest BCUT2D eigenvalue weighted by Crippen LogP contribution is 2.23. The van der Waals surface area contributed by atoms with Crippen LogP contribution in [0.25, 0.3) is 0 Å². The third-order valence-electron chi connectivity index (χ3n) is 4.20. The molecule has 0 aromatic heterocycles. The van der Waals surface area contributed by atoms with Gasteiger partial charge in [-0.1, -0.05) is 12.1 Å². The number of aryl methyl sites for hydroxylation is 1. The Morgan fingerprint density at radius 3 is 2.79 bits per heavy atom. The summed E-state index contributed by atoms with van der Waals surface area (Å²) in [5, 5.41) is 3.25. The van der Waals surface area contributed by atoms with Crippen LogP contribution in [0.15, 0.2) is 29.3 Å². The number of ether oxygens (including phenoxy) is 1. The van der Waals surface area contributed by atoms with E-state index < -0.39 is 14.6 Å². The predicted molar refractivity (Wildman–Crippen MR) is 97.5 cm³/mol. The summed E-state index contributed by atoms with van der Waals surface area (Å²) in [4.78, 5) is 6.26.